The van der Waals surface area contributed by atoms with E-state index in [0.29, 0.717) is 23.5 Å². The second kappa shape index (κ2) is 10.9. The van der Waals surface area contributed by atoms with Crippen molar-refractivity contribution in [2.24, 2.45) is 0 Å². The van der Waals surface area contributed by atoms with Crippen LogP contribution in [0.25, 0.3) is 0 Å². The molecule has 1 atom stereocenters. The third-order valence-electron chi connectivity index (χ3n) is 5.20. The fourth-order valence-electron chi connectivity index (χ4n) is 3.83. The molecule has 0 spiro atoms. The van der Waals surface area contributed by atoms with E-state index in [1.54, 1.807) is 33.8 Å². The Morgan fingerprint density at radius 2 is 1.75 bits per heavy atom. The number of non-ortho nitro benzene ring substituents is 1. The Hall–Kier alpha value is -3.20. The minimum Gasteiger partial charge on any atom is -0.460 e. The van der Waals surface area contributed by atoms with Gasteiger partial charge < -0.3 is 19.1 Å². The number of nitro benzene ring substituents is 1. The molecule has 1 aliphatic rings. The van der Waals surface area contributed by atoms with Crippen LogP contribution in [0.2, 0.25) is 0 Å². The highest BCUT2D eigenvalue weighted by Crippen LogP contribution is 2.43. The highest BCUT2D eigenvalue weighted by molar-refractivity contribution is 6.00. The summed E-state index contributed by atoms with van der Waals surface area (Å²) >= 11 is 0. The van der Waals surface area contributed by atoms with Gasteiger partial charge in [-0.15, -0.1) is 0 Å². The summed E-state index contributed by atoms with van der Waals surface area (Å²) in [6, 6.07) is 5.92. The molecule has 0 N–H and O–H groups in total. The highest BCUT2D eigenvalue weighted by atomic mass is 16.6. The van der Waals surface area contributed by atoms with E-state index in [0.717, 1.165) is 0 Å². The summed E-state index contributed by atoms with van der Waals surface area (Å²) in [4.78, 5) is 39.1. The molecule has 0 fully saturated rings. The molecule has 174 valence electrons. The monoisotopic (exact) mass is 446 g/mol. The Kier molecular flexibility index (Phi) is 8.54. The number of methoxy groups -OCH3 is 1. The predicted molar refractivity (Wildman–Crippen MR) is 118 cm³/mol. The summed E-state index contributed by atoms with van der Waals surface area (Å²) in [5.74, 6) is -2.07. The lowest BCUT2D eigenvalue weighted by atomic mass is 9.79. The van der Waals surface area contributed by atoms with Crippen molar-refractivity contribution < 1.29 is 28.7 Å². The molecule has 0 saturated carbocycles. The van der Waals surface area contributed by atoms with Crippen LogP contribution < -0.4 is 0 Å². The zero-order valence-electron chi connectivity index (χ0n) is 19.3. The van der Waals surface area contributed by atoms with Gasteiger partial charge in [-0.3, -0.25) is 10.1 Å². The van der Waals surface area contributed by atoms with Crippen molar-refractivity contribution in [3.63, 3.8) is 0 Å². The Morgan fingerprint density at radius 3 is 2.28 bits per heavy atom. The normalized spacial score (nSPS) is 16.5. The predicted octanol–water partition coefficient (Wildman–Crippen LogP) is 3.70. The number of allylic oxidation sites excluding steroid dienone is 2. The number of rotatable bonds is 9. The first-order valence-electron chi connectivity index (χ1n) is 10.4. The average molecular weight is 447 g/mol. The SMILES string of the molecule is CCN1C(C)=C(C(=O)OCCOC)C(c2cccc([N+](=O)[O-])c2)C(C(=O)OC(C)C)=C1C. The lowest BCUT2D eigenvalue weighted by molar-refractivity contribution is -0.384. The topological polar surface area (TPSA) is 108 Å². The van der Waals surface area contributed by atoms with Crippen LogP contribution in [0.15, 0.2) is 46.8 Å². The number of nitrogens with zero attached hydrogens (tertiary/aromatic N) is 2. The van der Waals surface area contributed by atoms with Crippen LogP contribution in [0.5, 0.6) is 0 Å². The maximum atomic E-state index is 13.2. The molecular formula is C23H30N2O7. The number of carbonyl (C=O) groups is 2. The van der Waals surface area contributed by atoms with Crippen molar-refractivity contribution in [3.05, 3.63) is 62.5 Å². The van der Waals surface area contributed by atoms with E-state index < -0.39 is 22.8 Å². The van der Waals surface area contributed by atoms with Crippen molar-refractivity contribution >= 4 is 17.6 Å². The van der Waals surface area contributed by atoms with E-state index in [4.69, 9.17) is 14.2 Å². The quantitative estimate of drug-likeness (QED) is 0.244. The van der Waals surface area contributed by atoms with Crippen LogP contribution in [-0.2, 0) is 23.8 Å². The summed E-state index contributed by atoms with van der Waals surface area (Å²) in [7, 11) is 1.50. The summed E-state index contributed by atoms with van der Waals surface area (Å²) in [6.07, 6.45) is -0.382. The molecule has 0 amide bonds. The number of hydrogen-bond acceptors (Lipinski definition) is 8. The van der Waals surface area contributed by atoms with Crippen LogP contribution in [-0.4, -0.2) is 54.7 Å². The van der Waals surface area contributed by atoms with Crippen LogP contribution >= 0.6 is 0 Å². The number of carbonyl (C=O) groups excluding carboxylic acids is 2. The third kappa shape index (κ3) is 5.34. The van der Waals surface area contributed by atoms with Crippen LogP contribution in [0.4, 0.5) is 5.69 Å². The molecule has 1 heterocycles. The van der Waals surface area contributed by atoms with E-state index in [2.05, 4.69) is 0 Å². The fraction of sp³-hybridized carbons (Fsp3) is 0.478. The van der Waals surface area contributed by atoms with Gasteiger partial charge in [-0.1, -0.05) is 12.1 Å². The Labute approximate surface area is 187 Å². The van der Waals surface area contributed by atoms with Gasteiger partial charge in [-0.2, -0.15) is 0 Å². The standard InChI is InChI=1S/C23H30N2O7/c1-7-24-15(4)19(22(26)31-12-11-30-6)21(17-9-8-10-18(13-17)25(28)29)20(16(24)5)23(27)32-14(2)3/h8-10,13-14,21H,7,11-12H2,1-6H3. The number of nitro groups is 1. The average Bonchev–Trinajstić information content (AvgIpc) is 2.73. The van der Waals surface area contributed by atoms with Crippen LogP contribution in [0, 0.1) is 10.1 Å². The minimum atomic E-state index is -0.876. The lowest BCUT2D eigenvalue weighted by Gasteiger charge is -2.37. The maximum Gasteiger partial charge on any atom is 0.337 e. The molecule has 0 bridgehead atoms. The summed E-state index contributed by atoms with van der Waals surface area (Å²) in [5, 5.41) is 11.4. The van der Waals surface area contributed by atoms with E-state index >= 15 is 0 Å². The second-order valence-electron chi connectivity index (χ2n) is 7.61. The molecule has 0 aliphatic carbocycles. The van der Waals surface area contributed by atoms with Gasteiger partial charge in [0.25, 0.3) is 5.69 Å². The number of ether oxygens (including phenoxy) is 3. The number of hydrogen-bond donors (Lipinski definition) is 0. The van der Waals surface area contributed by atoms with Gasteiger partial charge >= 0.3 is 11.9 Å². The molecule has 1 aromatic carbocycles. The zero-order chi connectivity index (χ0) is 24.0. The van der Waals surface area contributed by atoms with Crippen molar-refractivity contribution in [2.45, 2.75) is 46.6 Å². The first-order chi connectivity index (χ1) is 15.1. The van der Waals surface area contributed by atoms with Crippen molar-refractivity contribution in [1.82, 2.24) is 4.90 Å². The minimum absolute atomic E-state index is 0.0361. The second-order valence-corrected chi connectivity index (χ2v) is 7.61. The molecular weight excluding hydrogens is 416 g/mol. The first kappa shape index (κ1) is 25.1. The van der Waals surface area contributed by atoms with Crippen LogP contribution in [0.1, 0.15) is 46.1 Å². The molecule has 9 heteroatoms. The van der Waals surface area contributed by atoms with Gasteiger partial charge in [0.15, 0.2) is 0 Å². The molecule has 0 saturated heterocycles. The van der Waals surface area contributed by atoms with Crippen LogP contribution in [0.3, 0.4) is 0 Å². The van der Waals surface area contributed by atoms with E-state index in [-0.39, 0.29) is 36.2 Å². The lowest BCUT2D eigenvalue weighted by Crippen LogP contribution is -2.36. The van der Waals surface area contributed by atoms with E-state index in [1.807, 2.05) is 11.8 Å². The molecule has 9 nitrogen and oxygen atoms in total. The smallest absolute Gasteiger partial charge is 0.337 e. The summed E-state index contributed by atoms with van der Waals surface area (Å²) in [5.41, 5.74) is 2.03. The number of esters is 2. The van der Waals surface area contributed by atoms with E-state index in [1.165, 1.54) is 25.3 Å². The van der Waals surface area contributed by atoms with Gasteiger partial charge in [-0.25, -0.2) is 9.59 Å². The molecule has 1 unspecified atom stereocenters. The van der Waals surface area contributed by atoms with Crippen molar-refractivity contribution in [1.29, 1.82) is 0 Å². The van der Waals surface area contributed by atoms with E-state index in [9.17, 15) is 19.7 Å². The first-order valence-corrected chi connectivity index (χ1v) is 10.4. The largest absolute Gasteiger partial charge is 0.460 e. The molecule has 1 aliphatic heterocycles. The highest BCUT2D eigenvalue weighted by Gasteiger charge is 2.40. The van der Waals surface area contributed by atoms with Crippen molar-refractivity contribution in [2.75, 3.05) is 26.9 Å². The van der Waals surface area contributed by atoms with Gasteiger partial charge in [0, 0.05) is 37.2 Å². The van der Waals surface area contributed by atoms with Gasteiger partial charge in [0.2, 0.25) is 0 Å². The Morgan fingerprint density at radius 1 is 1.12 bits per heavy atom. The molecule has 0 radical (unpaired) electrons. The zero-order valence-corrected chi connectivity index (χ0v) is 19.3. The molecule has 1 aromatic rings. The third-order valence-corrected chi connectivity index (χ3v) is 5.20. The van der Waals surface area contributed by atoms with Gasteiger partial charge in [0.05, 0.1) is 34.7 Å². The van der Waals surface area contributed by atoms with Gasteiger partial charge in [-0.05, 0) is 40.2 Å². The van der Waals surface area contributed by atoms with Gasteiger partial charge in [0.1, 0.15) is 6.61 Å². The Bertz CT molecular complexity index is 949. The summed E-state index contributed by atoms with van der Waals surface area (Å²) in [6.45, 7) is 9.68. The Balaban J connectivity index is 2.73. The molecule has 2 rings (SSSR count). The molecule has 32 heavy (non-hydrogen) atoms. The maximum absolute atomic E-state index is 13.2. The van der Waals surface area contributed by atoms with Crippen molar-refractivity contribution in [3.8, 4) is 0 Å². The number of benzene rings is 1. The summed E-state index contributed by atoms with van der Waals surface area (Å²) < 4.78 is 15.9. The fourth-order valence-corrected chi connectivity index (χ4v) is 3.83. The molecule has 0 aromatic heterocycles.